The molecule has 0 saturated carbocycles. The number of unbranched alkanes of at least 4 members (excludes halogenated alkanes) is 1. The molecule has 0 radical (unpaired) electrons. The van der Waals surface area contributed by atoms with E-state index in [1.165, 1.54) is 29.5 Å². The Balaban J connectivity index is 1.62. The summed E-state index contributed by atoms with van der Waals surface area (Å²) in [7, 11) is 0. The fourth-order valence-corrected chi connectivity index (χ4v) is 2.85. The molecule has 0 spiro atoms. The van der Waals surface area contributed by atoms with E-state index < -0.39 is 11.6 Å². The number of para-hydroxylation sites is 1. The van der Waals surface area contributed by atoms with Crippen molar-refractivity contribution in [3.05, 3.63) is 77.3 Å². The highest BCUT2D eigenvalue weighted by molar-refractivity contribution is 6.32. The van der Waals surface area contributed by atoms with Crippen molar-refractivity contribution in [2.24, 2.45) is 0 Å². The third-order valence-corrected chi connectivity index (χ3v) is 4.46. The van der Waals surface area contributed by atoms with Gasteiger partial charge in [0.15, 0.2) is 5.76 Å². The highest BCUT2D eigenvalue weighted by Gasteiger charge is 2.15. The lowest BCUT2D eigenvalue weighted by Crippen LogP contribution is -2.06. The van der Waals surface area contributed by atoms with E-state index in [1.54, 1.807) is 19.1 Å². The van der Waals surface area contributed by atoms with Crippen molar-refractivity contribution >= 4 is 23.1 Å². The Morgan fingerprint density at radius 2 is 1.90 bits per heavy atom. The summed E-state index contributed by atoms with van der Waals surface area (Å²) in [5, 5.41) is 4.61. The molecule has 1 aromatic heterocycles. The molecule has 5 nitrogen and oxygen atoms in total. The molecule has 0 N–H and O–H groups in total. The lowest BCUT2D eigenvalue weighted by molar-refractivity contribution is 0.243. The fourth-order valence-electron chi connectivity index (χ4n) is 2.66. The molecule has 152 valence electrons. The number of hydrogen-bond donors (Lipinski definition) is 0. The van der Waals surface area contributed by atoms with E-state index >= 15 is 0 Å². The van der Waals surface area contributed by atoms with E-state index in [0.717, 1.165) is 6.07 Å². The second-order valence-corrected chi connectivity index (χ2v) is 6.62. The van der Waals surface area contributed by atoms with Gasteiger partial charge in [-0.25, -0.2) is 18.4 Å². The molecule has 0 amide bonds. The van der Waals surface area contributed by atoms with E-state index in [4.69, 9.17) is 21.1 Å². The molecule has 0 bridgehead atoms. The summed E-state index contributed by atoms with van der Waals surface area (Å²) < 4.78 is 40.6. The van der Waals surface area contributed by atoms with E-state index in [9.17, 15) is 8.78 Å². The molecule has 29 heavy (non-hydrogen) atoms. The average Bonchev–Trinajstić information content (AvgIpc) is 3.24. The molecule has 3 rings (SSSR count). The summed E-state index contributed by atoms with van der Waals surface area (Å²) in [6.07, 6.45) is 4.24. The molecule has 0 fully saturated rings. The van der Waals surface area contributed by atoms with E-state index in [0.29, 0.717) is 42.5 Å². The minimum atomic E-state index is -0.707. The zero-order valence-electron chi connectivity index (χ0n) is 15.8. The van der Waals surface area contributed by atoms with Crippen LogP contribution in [0.15, 0.2) is 55.1 Å². The molecular weight excluding hydrogens is 400 g/mol. The fraction of sp³-hybridized carbons (Fsp3) is 0.238. The van der Waals surface area contributed by atoms with Crippen molar-refractivity contribution in [3.63, 3.8) is 0 Å². The number of aromatic nitrogens is 3. The van der Waals surface area contributed by atoms with Crippen molar-refractivity contribution in [2.45, 2.75) is 19.8 Å². The number of ether oxygens (including phenoxy) is 2. The number of halogens is 3. The summed E-state index contributed by atoms with van der Waals surface area (Å²) in [6, 6.07) is 10.6. The van der Waals surface area contributed by atoms with Gasteiger partial charge in [0, 0.05) is 6.07 Å². The Morgan fingerprint density at radius 3 is 2.62 bits per heavy atom. The number of hydrogen-bond acceptors (Lipinski definition) is 4. The number of benzene rings is 2. The summed E-state index contributed by atoms with van der Waals surface area (Å²) >= 11 is 6.05. The largest absolute Gasteiger partial charge is 0.492 e. The van der Waals surface area contributed by atoms with Crippen LogP contribution in [0.4, 0.5) is 8.78 Å². The smallest absolute Gasteiger partial charge is 0.150 e. The first kappa shape index (κ1) is 20.8. The van der Waals surface area contributed by atoms with Crippen molar-refractivity contribution in [2.75, 3.05) is 13.2 Å². The van der Waals surface area contributed by atoms with Gasteiger partial charge < -0.3 is 9.47 Å². The van der Waals surface area contributed by atoms with Crippen LogP contribution >= 0.6 is 11.6 Å². The van der Waals surface area contributed by atoms with Gasteiger partial charge in [-0.05, 0) is 44.0 Å². The second-order valence-electron chi connectivity index (χ2n) is 6.21. The van der Waals surface area contributed by atoms with Crippen LogP contribution in [0.5, 0.6) is 5.75 Å². The molecular formula is C21H20ClF2N3O2. The van der Waals surface area contributed by atoms with Crippen molar-refractivity contribution in [1.82, 2.24) is 14.8 Å². The first-order chi connectivity index (χ1) is 14.1. The van der Waals surface area contributed by atoms with Gasteiger partial charge in [-0.2, -0.15) is 5.10 Å². The standard InChI is InChI=1S/C21H20ClF2N3O2/c1-15(27-14-25-13-26-27)21(17-9-8-16(23)12-19(17)24)29-11-5-4-10-28-20-7-3-2-6-18(20)22/h2-3,6-9,12-14H,4-5,10-11H2,1H3/b21-15-. The van der Waals surface area contributed by atoms with Gasteiger partial charge in [0.05, 0.1) is 29.5 Å². The predicted molar refractivity (Wildman–Crippen MR) is 107 cm³/mol. The first-order valence-corrected chi connectivity index (χ1v) is 9.45. The maximum atomic E-state index is 14.3. The van der Waals surface area contributed by atoms with Gasteiger partial charge in [-0.1, -0.05) is 23.7 Å². The molecule has 0 unspecified atom stereocenters. The minimum Gasteiger partial charge on any atom is -0.492 e. The van der Waals surface area contributed by atoms with Crippen LogP contribution in [0.2, 0.25) is 5.02 Å². The van der Waals surface area contributed by atoms with Crippen LogP contribution in [-0.2, 0) is 4.74 Å². The van der Waals surface area contributed by atoms with Crippen LogP contribution in [0.3, 0.4) is 0 Å². The maximum absolute atomic E-state index is 14.3. The molecule has 3 aromatic rings. The van der Waals surface area contributed by atoms with Gasteiger partial charge >= 0.3 is 0 Å². The van der Waals surface area contributed by atoms with Crippen LogP contribution in [0.1, 0.15) is 25.3 Å². The maximum Gasteiger partial charge on any atom is 0.150 e. The molecule has 8 heteroatoms. The second kappa shape index (κ2) is 10.0. The Kier molecular flexibility index (Phi) is 7.19. The average molecular weight is 420 g/mol. The van der Waals surface area contributed by atoms with E-state index in [1.807, 2.05) is 12.1 Å². The molecule has 1 heterocycles. The summed E-state index contributed by atoms with van der Waals surface area (Å²) in [5.41, 5.74) is 0.701. The first-order valence-electron chi connectivity index (χ1n) is 9.07. The van der Waals surface area contributed by atoms with Crippen LogP contribution in [0.25, 0.3) is 11.5 Å². The quantitative estimate of drug-likeness (QED) is 0.342. The Bertz CT molecular complexity index is 978. The zero-order chi connectivity index (χ0) is 20.6. The van der Waals surface area contributed by atoms with Crippen LogP contribution in [-0.4, -0.2) is 28.0 Å². The number of nitrogens with zero attached hydrogens (tertiary/aromatic N) is 3. The molecule has 0 aliphatic heterocycles. The molecule has 0 aliphatic carbocycles. The van der Waals surface area contributed by atoms with Crippen molar-refractivity contribution in [3.8, 4) is 5.75 Å². The molecule has 0 aliphatic rings. The Hall–Kier alpha value is -2.93. The number of allylic oxidation sites excluding steroid dienone is 1. The van der Waals surface area contributed by atoms with Crippen molar-refractivity contribution < 1.29 is 18.3 Å². The summed E-state index contributed by atoms with van der Waals surface area (Å²) in [4.78, 5) is 3.89. The predicted octanol–water partition coefficient (Wildman–Crippen LogP) is 5.43. The van der Waals surface area contributed by atoms with Crippen molar-refractivity contribution in [1.29, 1.82) is 0 Å². The van der Waals surface area contributed by atoms with Gasteiger partial charge in [-0.3, -0.25) is 0 Å². The van der Waals surface area contributed by atoms with E-state index in [-0.39, 0.29) is 11.3 Å². The summed E-state index contributed by atoms with van der Waals surface area (Å²) in [6.45, 7) is 2.52. The van der Waals surface area contributed by atoms with Gasteiger partial charge in [0.1, 0.15) is 30.0 Å². The highest BCUT2D eigenvalue weighted by atomic mass is 35.5. The molecule has 0 atom stereocenters. The zero-order valence-corrected chi connectivity index (χ0v) is 16.6. The summed E-state index contributed by atoms with van der Waals surface area (Å²) in [5.74, 6) is -0.451. The van der Waals surface area contributed by atoms with Gasteiger partial charge in [0.25, 0.3) is 0 Å². The Morgan fingerprint density at radius 1 is 1.10 bits per heavy atom. The normalized spacial score (nSPS) is 11.9. The molecule has 0 saturated heterocycles. The number of rotatable bonds is 9. The van der Waals surface area contributed by atoms with Crippen LogP contribution < -0.4 is 4.74 Å². The lowest BCUT2D eigenvalue weighted by atomic mass is 10.1. The lowest BCUT2D eigenvalue weighted by Gasteiger charge is -2.15. The molecule has 2 aromatic carbocycles. The topological polar surface area (TPSA) is 49.2 Å². The SMILES string of the molecule is C/C(=C(/OCCCCOc1ccccc1Cl)c1ccc(F)cc1F)n1cncn1. The minimum absolute atomic E-state index is 0.159. The Labute approximate surface area is 172 Å². The third kappa shape index (κ3) is 5.54. The van der Waals surface area contributed by atoms with Gasteiger partial charge in [0.2, 0.25) is 0 Å². The van der Waals surface area contributed by atoms with E-state index in [2.05, 4.69) is 10.1 Å². The highest BCUT2D eigenvalue weighted by Crippen LogP contribution is 2.26. The van der Waals surface area contributed by atoms with Gasteiger partial charge in [-0.15, -0.1) is 0 Å². The van der Waals surface area contributed by atoms with Crippen LogP contribution in [0, 0.1) is 11.6 Å². The third-order valence-electron chi connectivity index (χ3n) is 4.15. The monoisotopic (exact) mass is 419 g/mol.